The zero-order valence-corrected chi connectivity index (χ0v) is 9.52. The van der Waals surface area contributed by atoms with Crippen LogP contribution in [0, 0.1) is 0 Å². The van der Waals surface area contributed by atoms with E-state index in [1.54, 1.807) is 6.92 Å². The lowest BCUT2D eigenvalue weighted by Gasteiger charge is -2.06. The molecule has 0 fully saturated rings. The zero-order valence-electron chi connectivity index (χ0n) is 7.93. The van der Waals surface area contributed by atoms with E-state index in [2.05, 4.69) is 37.9 Å². The second-order valence-corrected chi connectivity index (χ2v) is 3.48. The van der Waals surface area contributed by atoms with Crippen LogP contribution in [0.3, 0.4) is 0 Å². The molecule has 5 nitrogen and oxygen atoms in total. The topological polar surface area (TPSA) is 67.4 Å². The summed E-state index contributed by atoms with van der Waals surface area (Å²) < 4.78 is 5.27. The van der Waals surface area contributed by atoms with E-state index in [1.807, 2.05) is 0 Å². The number of carbonyl (C=O) groups excluding carboxylic acids is 2. The van der Waals surface area contributed by atoms with Crippen molar-refractivity contribution in [3.8, 4) is 0 Å². The highest BCUT2D eigenvalue weighted by Gasteiger charge is 2.04. The Labute approximate surface area is 91.0 Å². The summed E-state index contributed by atoms with van der Waals surface area (Å²) in [5, 5.41) is 4.81. The van der Waals surface area contributed by atoms with E-state index < -0.39 is 12.0 Å². The molecular formula is C8H13BrN2O3. The molecule has 0 heterocycles. The molecule has 0 aliphatic heterocycles. The van der Waals surface area contributed by atoms with Crippen LogP contribution in [-0.4, -0.2) is 31.7 Å². The summed E-state index contributed by atoms with van der Waals surface area (Å²) in [6, 6.07) is -0.432. The van der Waals surface area contributed by atoms with Crippen molar-refractivity contribution in [1.29, 1.82) is 0 Å². The van der Waals surface area contributed by atoms with Crippen LogP contribution in [0.1, 0.15) is 6.92 Å². The van der Waals surface area contributed by atoms with E-state index in [4.69, 9.17) is 0 Å². The van der Waals surface area contributed by atoms with Crippen LogP contribution in [-0.2, 0) is 9.53 Å². The molecule has 0 unspecified atom stereocenters. The molecule has 0 radical (unpaired) electrons. The Kier molecular flexibility index (Phi) is 6.82. The van der Waals surface area contributed by atoms with Crippen molar-refractivity contribution in [2.24, 2.45) is 0 Å². The standard InChI is InChI=1S/C8H13BrN2O3/c1-3-14-7(12)5-11-8(13)10-4-6(2)9/h2-5H2,1H3,(H2,10,11,13). The fourth-order valence-electron chi connectivity index (χ4n) is 0.603. The molecule has 0 atom stereocenters. The lowest BCUT2D eigenvalue weighted by Crippen LogP contribution is -2.39. The van der Waals surface area contributed by atoms with Gasteiger partial charge in [0.25, 0.3) is 0 Å². The van der Waals surface area contributed by atoms with E-state index in [1.165, 1.54) is 0 Å². The van der Waals surface area contributed by atoms with E-state index in [-0.39, 0.29) is 6.54 Å². The highest BCUT2D eigenvalue weighted by atomic mass is 79.9. The number of amides is 2. The third-order valence-corrected chi connectivity index (χ3v) is 1.42. The monoisotopic (exact) mass is 264 g/mol. The molecule has 0 aliphatic carbocycles. The van der Waals surface area contributed by atoms with Crippen molar-refractivity contribution in [1.82, 2.24) is 10.6 Å². The average Bonchev–Trinajstić information content (AvgIpc) is 2.12. The first-order chi connectivity index (χ1) is 6.56. The van der Waals surface area contributed by atoms with Crippen molar-refractivity contribution in [2.45, 2.75) is 6.92 Å². The predicted octanol–water partition coefficient (Wildman–Crippen LogP) is 0.757. The Morgan fingerprint density at radius 2 is 1.93 bits per heavy atom. The van der Waals surface area contributed by atoms with Gasteiger partial charge >= 0.3 is 12.0 Å². The maximum atomic E-state index is 11.0. The first-order valence-corrected chi connectivity index (χ1v) is 4.86. The van der Waals surface area contributed by atoms with Gasteiger partial charge in [-0.3, -0.25) is 4.79 Å². The highest BCUT2D eigenvalue weighted by molar-refractivity contribution is 9.11. The summed E-state index contributed by atoms with van der Waals surface area (Å²) in [6.45, 7) is 5.72. The number of halogens is 1. The largest absolute Gasteiger partial charge is 0.465 e. The summed E-state index contributed by atoms with van der Waals surface area (Å²) >= 11 is 3.08. The Hall–Kier alpha value is -1.04. The van der Waals surface area contributed by atoms with Gasteiger partial charge in [-0.25, -0.2) is 4.79 Å². The van der Waals surface area contributed by atoms with Crippen LogP contribution in [0.15, 0.2) is 11.1 Å². The van der Waals surface area contributed by atoms with Gasteiger partial charge < -0.3 is 15.4 Å². The summed E-state index contributed by atoms with van der Waals surface area (Å²) in [5.74, 6) is -0.458. The number of ether oxygens (including phenoxy) is 1. The van der Waals surface area contributed by atoms with Gasteiger partial charge in [-0.15, -0.1) is 0 Å². The van der Waals surface area contributed by atoms with E-state index in [0.717, 1.165) is 0 Å². The lowest BCUT2D eigenvalue weighted by molar-refractivity contribution is -0.141. The second kappa shape index (κ2) is 7.37. The average molecular weight is 265 g/mol. The quantitative estimate of drug-likeness (QED) is 0.721. The molecule has 0 bridgehead atoms. The van der Waals surface area contributed by atoms with Gasteiger partial charge in [-0.05, 0) is 6.92 Å². The summed E-state index contributed by atoms with van der Waals surface area (Å²) in [5.41, 5.74) is 0. The number of hydrogen-bond donors (Lipinski definition) is 2. The molecule has 2 N–H and O–H groups in total. The number of carbonyl (C=O) groups is 2. The van der Waals surface area contributed by atoms with Crippen LogP contribution < -0.4 is 10.6 Å². The minimum Gasteiger partial charge on any atom is -0.465 e. The first kappa shape index (κ1) is 13.0. The summed E-state index contributed by atoms with van der Waals surface area (Å²) in [6.07, 6.45) is 0. The van der Waals surface area contributed by atoms with Crippen LogP contribution >= 0.6 is 15.9 Å². The van der Waals surface area contributed by atoms with Gasteiger partial charge in [0.1, 0.15) is 6.54 Å². The number of hydrogen-bond acceptors (Lipinski definition) is 3. The molecular weight excluding hydrogens is 252 g/mol. The molecule has 0 aromatic rings. The Balaban J connectivity index is 3.53. The van der Waals surface area contributed by atoms with E-state index in [0.29, 0.717) is 17.6 Å². The fourth-order valence-corrected chi connectivity index (χ4v) is 0.743. The van der Waals surface area contributed by atoms with Crippen molar-refractivity contribution in [3.63, 3.8) is 0 Å². The normalized spacial score (nSPS) is 9.00. The lowest BCUT2D eigenvalue weighted by atomic mass is 10.6. The molecule has 0 saturated carbocycles. The first-order valence-electron chi connectivity index (χ1n) is 4.06. The van der Waals surface area contributed by atoms with Crippen LogP contribution in [0.2, 0.25) is 0 Å². The van der Waals surface area contributed by atoms with E-state index in [9.17, 15) is 9.59 Å². The smallest absolute Gasteiger partial charge is 0.325 e. The van der Waals surface area contributed by atoms with Crippen molar-refractivity contribution >= 4 is 27.9 Å². The molecule has 14 heavy (non-hydrogen) atoms. The Morgan fingerprint density at radius 3 is 2.43 bits per heavy atom. The highest BCUT2D eigenvalue weighted by Crippen LogP contribution is 1.95. The molecule has 0 rings (SSSR count). The third-order valence-electron chi connectivity index (χ3n) is 1.14. The minimum atomic E-state index is -0.458. The van der Waals surface area contributed by atoms with Crippen LogP contribution in [0.4, 0.5) is 4.79 Å². The Bertz CT molecular complexity index is 231. The molecule has 0 spiro atoms. The fraction of sp³-hybridized carbons (Fsp3) is 0.500. The second-order valence-electron chi connectivity index (χ2n) is 2.36. The van der Waals surface area contributed by atoms with Gasteiger partial charge in [-0.2, -0.15) is 0 Å². The summed E-state index contributed by atoms with van der Waals surface area (Å²) in [7, 11) is 0. The zero-order chi connectivity index (χ0) is 11.0. The van der Waals surface area contributed by atoms with Gasteiger partial charge in [0, 0.05) is 4.48 Å². The molecule has 6 heteroatoms. The van der Waals surface area contributed by atoms with Gasteiger partial charge in [0.15, 0.2) is 0 Å². The SMILES string of the molecule is C=C(Br)CNC(=O)NCC(=O)OCC. The van der Waals surface area contributed by atoms with Crippen molar-refractivity contribution in [2.75, 3.05) is 19.7 Å². The number of urea groups is 1. The predicted molar refractivity (Wildman–Crippen MR) is 56.1 cm³/mol. The Morgan fingerprint density at radius 1 is 1.36 bits per heavy atom. The molecule has 80 valence electrons. The third kappa shape index (κ3) is 7.60. The van der Waals surface area contributed by atoms with Crippen LogP contribution in [0.25, 0.3) is 0 Å². The van der Waals surface area contributed by atoms with E-state index >= 15 is 0 Å². The maximum Gasteiger partial charge on any atom is 0.325 e. The number of rotatable bonds is 5. The molecule has 2 amide bonds. The maximum absolute atomic E-state index is 11.0. The number of nitrogens with one attached hydrogen (secondary N) is 2. The molecule has 0 saturated heterocycles. The molecule has 0 aliphatic rings. The van der Waals surface area contributed by atoms with Gasteiger partial charge in [0.05, 0.1) is 13.2 Å². The minimum absolute atomic E-state index is 0.131. The van der Waals surface area contributed by atoms with Gasteiger partial charge in [0.2, 0.25) is 0 Å². The summed E-state index contributed by atoms with van der Waals surface area (Å²) in [4.78, 5) is 21.8. The van der Waals surface area contributed by atoms with Crippen molar-refractivity contribution in [3.05, 3.63) is 11.1 Å². The molecule has 0 aromatic carbocycles. The number of esters is 1. The molecule has 0 aromatic heterocycles. The van der Waals surface area contributed by atoms with Crippen molar-refractivity contribution < 1.29 is 14.3 Å². The van der Waals surface area contributed by atoms with Gasteiger partial charge in [-0.1, -0.05) is 22.5 Å². The van der Waals surface area contributed by atoms with Crippen LogP contribution in [0.5, 0.6) is 0 Å².